The molecule has 14 heavy (non-hydrogen) atoms. The maximum atomic E-state index is 4.02. The van der Waals surface area contributed by atoms with Crippen LogP contribution < -0.4 is 5.32 Å². The summed E-state index contributed by atoms with van der Waals surface area (Å²) in [6.07, 6.45) is 7.64. The average Bonchev–Trinajstić information content (AvgIpc) is 2.21. The van der Waals surface area contributed by atoms with Crippen LogP contribution in [0.15, 0.2) is 12.2 Å². The third kappa shape index (κ3) is 7.14. The van der Waals surface area contributed by atoms with Crippen LogP contribution in [0.4, 0.5) is 0 Å². The quantitative estimate of drug-likeness (QED) is 0.553. The van der Waals surface area contributed by atoms with E-state index in [1.165, 1.54) is 37.7 Å². The van der Waals surface area contributed by atoms with Crippen molar-refractivity contribution in [2.75, 3.05) is 6.54 Å². The van der Waals surface area contributed by atoms with E-state index >= 15 is 0 Å². The van der Waals surface area contributed by atoms with Crippen molar-refractivity contribution in [1.82, 2.24) is 5.32 Å². The highest BCUT2D eigenvalue weighted by molar-refractivity contribution is 4.95. The second-order valence-corrected chi connectivity index (χ2v) is 4.11. The number of hydrogen-bond acceptors (Lipinski definition) is 1. The Kier molecular flexibility index (Phi) is 9.06. The zero-order valence-electron chi connectivity index (χ0n) is 10.2. The van der Waals surface area contributed by atoms with Gasteiger partial charge in [-0.05, 0) is 19.3 Å². The van der Waals surface area contributed by atoms with Crippen LogP contribution in [-0.2, 0) is 0 Å². The Bertz CT molecular complexity index is 140. The number of rotatable bonds is 9. The zero-order chi connectivity index (χ0) is 10.8. The normalized spacial score (nSPS) is 12.8. The van der Waals surface area contributed by atoms with Gasteiger partial charge in [-0.1, -0.05) is 52.2 Å². The minimum Gasteiger partial charge on any atom is -0.310 e. The Morgan fingerprint density at radius 2 is 1.86 bits per heavy atom. The molecule has 0 aromatic rings. The molecule has 0 aliphatic carbocycles. The molecule has 0 saturated carbocycles. The van der Waals surface area contributed by atoms with Gasteiger partial charge in [-0.15, -0.1) is 0 Å². The fraction of sp³-hybridized carbons (Fsp3) is 0.846. The Balaban J connectivity index is 3.66. The molecular weight excluding hydrogens is 170 g/mol. The van der Waals surface area contributed by atoms with Crippen LogP contribution in [-0.4, -0.2) is 12.6 Å². The van der Waals surface area contributed by atoms with Crippen LogP contribution in [0.2, 0.25) is 0 Å². The minimum atomic E-state index is 0.711. The van der Waals surface area contributed by atoms with Gasteiger partial charge in [0.1, 0.15) is 0 Å². The van der Waals surface area contributed by atoms with E-state index in [9.17, 15) is 0 Å². The molecule has 84 valence electrons. The molecule has 1 nitrogen and oxygen atoms in total. The summed E-state index contributed by atoms with van der Waals surface area (Å²) in [5, 5.41) is 3.61. The van der Waals surface area contributed by atoms with Crippen molar-refractivity contribution in [3.05, 3.63) is 12.2 Å². The number of unbranched alkanes of at least 4 members (excludes halogenated alkanes) is 1. The maximum absolute atomic E-state index is 4.02. The molecule has 1 heteroatoms. The summed E-state index contributed by atoms with van der Waals surface area (Å²) in [5.41, 5.74) is 1.32. The van der Waals surface area contributed by atoms with Crippen LogP contribution in [0.25, 0.3) is 0 Å². The zero-order valence-corrected chi connectivity index (χ0v) is 10.2. The lowest BCUT2D eigenvalue weighted by Gasteiger charge is -2.18. The first kappa shape index (κ1) is 13.7. The Labute approximate surface area is 90.0 Å². The van der Waals surface area contributed by atoms with Crippen molar-refractivity contribution in [3.8, 4) is 0 Å². The lowest BCUT2D eigenvalue weighted by Crippen LogP contribution is -2.30. The molecule has 0 heterocycles. The second-order valence-electron chi connectivity index (χ2n) is 4.11. The largest absolute Gasteiger partial charge is 0.310 e. The molecule has 0 aromatic heterocycles. The SMILES string of the molecule is C=C(CC)CNC(CCC)CCCC. The smallest absolute Gasteiger partial charge is 0.0164 e. The molecule has 1 atom stereocenters. The first-order chi connectivity index (χ1) is 6.74. The Morgan fingerprint density at radius 3 is 2.36 bits per heavy atom. The molecule has 0 fully saturated rings. The first-order valence-corrected chi connectivity index (χ1v) is 6.14. The lowest BCUT2D eigenvalue weighted by molar-refractivity contribution is 0.448. The first-order valence-electron chi connectivity index (χ1n) is 6.14. The summed E-state index contributed by atoms with van der Waals surface area (Å²) in [7, 11) is 0. The molecule has 0 radical (unpaired) electrons. The third-order valence-electron chi connectivity index (χ3n) is 2.68. The van der Waals surface area contributed by atoms with E-state index in [1.807, 2.05) is 0 Å². The summed E-state index contributed by atoms with van der Waals surface area (Å²) < 4.78 is 0. The molecule has 0 rings (SSSR count). The fourth-order valence-electron chi connectivity index (χ4n) is 1.56. The summed E-state index contributed by atoms with van der Waals surface area (Å²) in [4.78, 5) is 0. The van der Waals surface area contributed by atoms with E-state index in [0.717, 1.165) is 13.0 Å². The van der Waals surface area contributed by atoms with E-state index in [4.69, 9.17) is 0 Å². The van der Waals surface area contributed by atoms with Crippen molar-refractivity contribution >= 4 is 0 Å². The summed E-state index contributed by atoms with van der Waals surface area (Å²) in [6, 6.07) is 0.711. The standard InChI is InChI=1S/C13H27N/c1-5-8-10-13(9-6-2)14-11-12(4)7-3/h13-14H,4-11H2,1-3H3. The topological polar surface area (TPSA) is 12.0 Å². The van der Waals surface area contributed by atoms with Gasteiger partial charge in [-0.25, -0.2) is 0 Å². The molecule has 0 aliphatic rings. The lowest BCUT2D eigenvalue weighted by atomic mass is 10.0. The van der Waals surface area contributed by atoms with E-state index in [2.05, 4.69) is 32.7 Å². The number of hydrogen-bond donors (Lipinski definition) is 1. The molecule has 0 saturated heterocycles. The molecule has 0 aromatic carbocycles. The fourth-order valence-corrected chi connectivity index (χ4v) is 1.56. The van der Waals surface area contributed by atoms with E-state index in [0.29, 0.717) is 6.04 Å². The average molecular weight is 197 g/mol. The van der Waals surface area contributed by atoms with Gasteiger partial charge in [0, 0.05) is 12.6 Å². The van der Waals surface area contributed by atoms with Crippen LogP contribution in [0.5, 0.6) is 0 Å². The van der Waals surface area contributed by atoms with Crippen LogP contribution in [0.1, 0.15) is 59.3 Å². The summed E-state index contributed by atoms with van der Waals surface area (Å²) in [5.74, 6) is 0. The van der Waals surface area contributed by atoms with Gasteiger partial charge < -0.3 is 5.32 Å². The molecule has 0 amide bonds. The van der Waals surface area contributed by atoms with E-state index < -0.39 is 0 Å². The molecule has 0 bridgehead atoms. The molecule has 1 unspecified atom stereocenters. The highest BCUT2D eigenvalue weighted by Crippen LogP contribution is 2.07. The van der Waals surface area contributed by atoms with Crippen molar-refractivity contribution in [2.45, 2.75) is 65.3 Å². The van der Waals surface area contributed by atoms with Crippen LogP contribution in [0, 0.1) is 0 Å². The summed E-state index contributed by atoms with van der Waals surface area (Å²) in [6.45, 7) is 11.7. The van der Waals surface area contributed by atoms with Gasteiger partial charge in [0.25, 0.3) is 0 Å². The summed E-state index contributed by atoms with van der Waals surface area (Å²) >= 11 is 0. The van der Waals surface area contributed by atoms with Gasteiger partial charge in [0.05, 0.1) is 0 Å². The highest BCUT2D eigenvalue weighted by Gasteiger charge is 2.05. The number of nitrogens with one attached hydrogen (secondary N) is 1. The van der Waals surface area contributed by atoms with Crippen molar-refractivity contribution < 1.29 is 0 Å². The van der Waals surface area contributed by atoms with Gasteiger partial charge >= 0.3 is 0 Å². The van der Waals surface area contributed by atoms with Gasteiger partial charge in [-0.2, -0.15) is 0 Å². The van der Waals surface area contributed by atoms with Crippen molar-refractivity contribution in [2.24, 2.45) is 0 Å². The van der Waals surface area contributed by atoms with Gasteiger partial charge in [0.2, 0.25) is 0 Å². The highest BCUT2D eigenvalue weighted by atomic mass is 14.9. The van der Waals surface area contributed by atoms with Crippen molar-refractivity contribution in [1.29, 1.82) is 0 Å². The predicted molar refractivity (Wildman–Crippen MR) is 65.7 cm³/mol. The van der Waals surface area contributed by atoms with Crippen molar-refractivity contribution in [3.63, 3.8) is 0 Å². The molecule has 1 N–H and O–H groups in total. The third-order valence-corrected chi connectivity index (χ3v) is 2.68. The van der Waals surface area contributed by atoms with Gasteiger partial charge in [0.15, 0.2) is 0 Å². The predicted octanol–water partition coefficient (Wildman–Crippen LogP) is 3.90. The molecule has 0 spiro atoms. The van der Waals surface area contributed by atoms with Gasteiger partial charge in [-0.3, -0.25) is 0 Å². The molecular formula is C13H27N. The van der Waals surface area contributed by atoms with Crippen LogP contribution in [0.3, 0.4) is 0 Å². The maximum Gasteiger partial charge on any atom is 0.0164 e. The Hall–Kier alpha value is -0.300. The van der Waals surface area contributed by atoms with E-state index in [1.54, 1.807) is 0 Å². The monoisotopic (exact) mass is 197 g/mol. The molecule has 0 aliphatic heterocycles. The Morgan fingerprint density at radius 1 is 1.14 bits per heavy atom. The minimum absolute atomic E-state index is 0.711. The van der Waals surface area contributed by atoms with Crippen LogP contribution >= 0.6 is 0 Å². The van der Waals surface area contributed by atoms with E-state index in [-0.39, 0.29) is 0 Å². The second kappa shape index (κ2) is 9.26.